The van der Waals surface area contributed by atoms with Crippen molar-refractivity contribution in [1.82, 2.24) is 0 Å². The predicted octanol–water partition coefficient (Wildman–Crippen LogP) is 5.93. The van der Waals surface area contributed by atoms with E-state index in [2.05, 4.69) is 25.2 Å². The summed E-state index contributed by atoms with van der Waals surface area (Å²) >= 11 is 5.68. The standard InChI is InChI=1S/C17H27Cl/c1-2-3-14-4-8-16(9-5-14)17-10-6-15(7-11-17)12-13-18/h2-3,12-17H,4-11H2,1H3/b3-2+,13-12+/t14-,15-,16-,17-. The molecule has 0 radical (unpaired) electrons. The number of allylic oxidation sites excluding steroid dienone is 3. The van der Waals surface area contributed by atoms with E-state index in [1.54, 1.807) is 5.54 Å². The van der Waals surface area contributed by atoms with Crippen LogP contribution in [0.25, 0.3) is 0 Å². The van der Waals surface area contributed by atoms with Crippen LogP contribution in [0.15, 0.2) is 23.8 Å². The van der Waals surface area contributed by atoms with Crippen LogP contribution < -0.4 is 0 Å². The van der Waals surface area contributed by atoms with Gasteiger partial charge in [0.15, 0.2) is 0 Å². The molecule has 0 nitrogen and oxygen atoms in total. The van der Waals surface area contributed by atoms with E-state index in [0.29, 0.717) is 0 Å². The van der Waals surface area contributed by atoms with Crippen LogP contribution in [0, 0.1) is 23.7 Å². The van der Waals surface area contributed by atoms with Crippen LogP contribution in [-0.2, 0) is 0 Å². The van der Waals surface area contributed by atoms with Gasteiger partial charge in [0.2, 0.25) is 0 Å². The Morgan fingerprint density at radius 2 is 1.17 bits per heavy atom. The molecule has 2 rings (SSSR count). The second-order valence-electron chi connectivity index (χ2n) is 6.19. The van der Waals surface area contributed by atoms with Crippen LogP contribution in [0.4, 0.5) is 0 Å². The fourth-order valence-electron chi connectivity index (χ4n) is 3.99. The minimum absolute atomic E-state index is 0.762. The van der Waals surface area contributed by atoms with Gasteiger partial charge in [0.05, 0.1) is 0 Å². The average molecular weight is 267 g/mol. The topological polar surface area (TPSA) is 0 Å². The molecule has 0 atom stereocenters. The molecule has 0 unspecified atom stereocenters. The Labute approximate surface area is 117 Å². The van der Waals surface area contributed by atoms with Crippen molar-refractivity contribution in [2.24, 2.45) is 23.7 Å². The van der Waals surface area contributed by atoms with Crippen molar-refractivity contribution in [2.75, 3.05) is 0 Å². The van der Waals surface area contributed by atoms with E-state index in [1.807, 2.05) is 0 Å². The van der Waals surface area contributed by atoms with E-state index in [4.69, 9.17) is 11.6 Å². The Hall–Kier alpha value is -0.230. The first kappa shape index (κ1) is 14.2. The van der Waals surface area contributed by atoms with Gasteiger partial charge in [0, 0.05) is 5.54 Å². The van der Waals surface area contributed by atoms with Crippen molar-refractivity contribution < 1.29 is 0 Å². The second-order valence-corrected chi connectivity index (χ2v) is 6.45. The molecule has 2 saturated carbocycles. The van der Waals surface area contributed by atoms with E-state index in [1.165, 1.54) is 51.4 Å². The van der Waals surface area contributed by atoms with Gasteiger partial charge in [0.1, 0.15) is 0 Å². The maximum Gasteiger partial charge on any atom is 0.000525 e. The number of hydrogen-bond acceptors (Lipinski definition) is 0. The smallest absolute Gasteiger partial charge is 0.000525 e. The molecule has 0 bridgehead atoms. The highest BCUT2D eigenvalue weighted by molar-refractivity contribution is 6.25. The van der Waals surface area contributed by atoms with E-state index in [0.717, 1.165) is 23.7 Å². The number of hydrogen-bond donors (Lipinski definition) is 0. The molecule has 2 fully saturated rings. The Kier molecular flexibility index (Phi) is 5.82. The minimum atomic E-state index is 0.762. The molecule has 0 aromatic heterocycles. The summed E-state index contributed by atoms with van der Waals surface area (Å²) in [6, 6.07) is 0. The Balaban J connectivity index is 1.74. The lowest BCUT2D eigenvalue weighted by Crippen LogP contribution is -2.25. The lowest BCUT2D eigenvalue weighted by Gasteiger charge is -2.36. The van der Waals surface area contributed by atoms with Crippen molar-refractivity contribution in [3.05, 3.63) is 23.8 Å². The van der Waals surface area contributed by atoms with Crippen LogP contribution in [0.1, 0.15) is 58.3 Å². The third kappa shape index (κ3) is 3.88. The molecule has 0 amide bonds. The van der Waals surface area contributed by atoms with Crippen LogP contribution in [-0.4, -0.2) is 0 Å². The highest BCUT2D eigenvalue weighted by atomic mass is 35.5. The third-order valence-electron chi connectivity index (χ3n) is 5.11. The van der Waals surface area contributed by atoms with Gasteiger partial charge >= 0.3 is 0 Å². The van der Waals surface area contributed by atoms with Gasteiger partial charge in [-0.15, -0.1) is 0 Å². The van der Waals surface area contributed by atoms with Crippen LogP contribution in [0.5, 0.6) is 0 Å². The van der Waals surface area contributed by atoms with Crippen molar-refractivity contribution in [3.63, 3.8) is 0 Å². The summed E-state index contributed by atoms with van der Waals surface area (Å²) in [4.78, 5) is 0. The SMILES string of the molecule is C/C=C/[C@H]1CC[C@H]([C@H]2CC[C@H](/C=C/Cl)CC2)CC1. The molecular formula is C17H27Cl. The molecule has 2 aliphatic carbocycles. The van der Waals surface area contributed by atoms with E-state index < -0.39 is 0 Å². The largest absolute Gasteiger partial charge is 0.0933 e. The van der Waals surface area contributed by atoms with Gasteiger partial charge in [-0.2, -0.15) is 0 Å². The van der Waals surface area contributed by atoms with Crippen LogP contribution in [0.3, 0.4) is 0 Å². The van der Waals surface area contributed by atoms with E-state index in [-0.39, 0.29) is 0 Å². The van der Waals surface area contributed by atoms with Crippen LogP contribution in [0.2, 0.25) is 0 Å². The zero-order chi connectivity index (χ0) is 12.8. The molecule has 0 aliphatic heterocycles. The highest BCUT2D eigenvalue weighted by Gasteiger charge is 2.29. The predicted molar refractivity (Wildman–Crippen MR) is 80.7 cm³/mol. The Bertz CT molecular complexity index is 246. The second kappa shape index (κ2) is 7.38. The summed E-state index contributed by atoms with van der Waals surface area (Å²) in [6.45, 7) is 2.15. The zero-order valence-electron chi connectivity index (χ0n) is 11.7. The molecule has 0 N–H and O–H groups in total. The van der Waals surface area contributed by atoms with Gasteiger partial charge in [-0.25, -0.2) is 0 Å². The Morgan fingerprint density at radius 1 is 0.722 bits per heavy atom. The number of rotatable bonds is 3. The molecule has 0 heterocycles. The fraction of sp³-hybridized carbons (Fsp3) is 0.765. The molecule has 18 heavy (non-hydrogen) atoms. The summed E-state index contributed by atoms with van der Waals surface area (Å²) in [7, 11) is 0. The lowest BCUT2D eigenvalue weighted by molar-refractivity contribution is 0.166. The normalized spacial score (nSPS) is 38.6. The van der Waals surface area contributed by atoms with Crippen molar-refractivity contribution in [1.29, 1.82) is 0 Å². The first-order valence-corrected chi connectivity index (χ1v) is 8.16. The van der Waals surface area contributed by atoms with Crippen molar-refractivity contribution >= 4 is 11.6 Å². The first-order chi connectivity index (χ1) is 8.83. The Morgan fingerprint density at radius 3 is 1.56 bits per heavy atom. The van der Waals surface area contributed by atoms with Crippen molar-refractivity contribution in [3.8, 4) is 0 Å². The molecule has 1 heteroatoms. The summed E-state index contributed by atoms with van der Waals surface area (Å²) in [6.07, 6.45) is 18.2. The molecule has 0 aromatic rings. The lowest BCUT2D eigenvalue weighted by atomic mass is 9.69. The molecule has 2 aliphatic rings. The molecule has 0 aromatic carbocycles. The fourth-order valence-corrected chi connectivity index (χ4v) is 4.20. The van der Waals surface area contributed by atoms with Gasteiger partial charge in [-0.3, -0.25) is 0 Å². The number of halogens is 1. The quantitative estimate of drug-likeness (QED) is 0.556. The summed E-state index contributed by atoms with van der Waals surface area (Å²) in [5.41, 5.74) is 1.72. The van der Waals surface area contributed by atoms with Gasteiger partial charge in [0.25, 0.3) is 0 Å². The highest BCUT2D eigenvalue weighted by Crippen LogP contribution is 2.41. The summed E-state index contributed by atoms with van der Waals surface area (Å²) in [5.74, 6) is 3.67. The molecular weight excluding hydrogens is 240 g/mol. The van der Waals surface area contributed by atoms with Gasteiger partial charge in [-0.05, 0) is 82.0 Å². The first-order valence-electron chi connectivity index (χ1n) is 7.73. The maximum absolute atomic E-state index is 5.68. The summed E-state index contributed by atoms with van der Waals surface area (Å²) in [5, 5.41) is 0. The van der Waals surface area contributed by atoms with Crippen LogP contribution >= 0.6 is 11.6 Å². The van der Waals surface area contributed by atoms with Crippen molar-refractivity contribution in [2.45, 2.75) is 58.3 Å². The molecule has 0 spiro atoms. The summed E-state index contributed by atoms with van der Waals surface area (Å²) < 4.78 is 0. The minimum Gasteiger partial charge on any atom is -0.0933 e. The maximum atomic E-state index is 5.68. The molecule has 0 saturated heterocycles. The average Bonchev–Trinajstić information content (AvgIpc) is 2.41. The van der Waals surface area contributed by atoms with Gasteiger partial charge in [-0.1, -0.05) is 29.8 Å². The zero-order valence-corrected chi connectivity index (χ0v) is 12.4. The molecule has 102 valence electrons. The van der Waals surface area contributed by atoms with E-state index >= 15 is 0 Å². The monoisotopic (exact) mass is 266 g/mol. The third-order valence-corrected chi connectivity index (χ3v) is 5.25. The van der Waals surface area contributed by atoms with E-state index in [9.17, 15) is 0 Å². The van der Waals surface area contributed by atoms with Gasteiger partial charge < -0.3 is 0 Å².